The van der Waals surface area contributed by atoms with Gasteiger partial charge in [0.25, 0.3) is 0 Å². The minimum absolute atomic E-state index is 0.0578. The number of nitrogens with zero attached hydrogens (tertiary/aromatic N) is 2. The van der Waals surface area contributed by atoms with Gasteiger partial charge in [0.1, 0.15) is 0 Å². The minimum Gasteiger partial charge on any atom is -0.481 e. The molecule has 7 heteroatoms. The molecule has 2 atom stereocenters. The summed E-state index contributed by atoms with van der Waals surface area (Å²) in [5, 5.41) is 8.88. The summed E-state index contributed by atoms with van der Waals surface area (Å²) in [6.45, 7) is 3.37. The van der Waals surface area contributed by atoms with Crippen molar-refractivity contribution < 1.29 is 24.2 Å². The van der Waals surface area contributed by atoms with E-state index in [-0.39, 0.29) is 31.2 Å². The lowest BCUT2D eigenvalue weighted by Gasteiger charge is -2.33. The van der Waals surface area contributed by atoms with E-state index in [0.29, 0.717) is 19.7 Å². The van der Waals surface area contributed by atoms with E-state index in [1.807, 2.05) is 31.2 Å². The van der Waals surface area contributed by atoms with Crippen molar-refractivity contribution in [2.45, 2.75) is 25.9 Å². The fourth-order valence-corrected chi connectivity index (χ4v) is 3.34. The SMILES string of the molecule is Cc1ccc(N2C[C@@H](C(=O)N3CCO[C@H](CC(=O)O)C3)CC2=O)cc1. The van der Waals surface area contributed by atoms with Crippen LogP contribution in [0.2, 0.25) is 0 Å². The van der Waals surface area contributed by atoms with Gasteiger partial charge in [-0.2, -0.15) is 0 Å². The Hall–Kier alpha value is -2.41. The second-order valence-corrected chi connectivity index (χ2v) is 6.62. The number of carboxylic acid groups (broad SMARTS) is 1. The molecule has 0 radical (unpaired) electrons. The molecule has 0 bridgehead atoms. The standard InChI is InChI=1S/C18H22N2O5/c1-12-2-4-14(5-3-12)20-10-13(8-16(20)21)18(24)19-6-7-25-15(11-19)9-17(22)23/h2-5,13,15H,6-11H2,1H3,(H,22,23)/t13-,15+/m0/s1. The van der Waals surface area contributed by atoms with Crippen molar-refractivity contribution in [1.82, 2.24) is 4.90 Å². The van der Waals surface area contributed by atoms with E-state index < -0.39 is 18.0 Å². The fourth-order valence-electron chi connectivity index (χ4n) is 3.34. The third-order valence-electron chi connectivity index (χ3n) is 4.67. The zero-order chi connectivity index (χ0) is 18.0. The molecule has 0 aliphatic carbocycles. The van der Waals surface area contributed by atoms with Crippen LogP contribution in [-0.2, 0) is 19.1 Å². The quantitative estimate of drug-likeness (QED) is 0.880. The Balaban J connectivity index is 1.64. The number of hydrogen-bond donors (Lipinski definition) is 1. The molecule has 2 aliphatic rings. The van der Waals surface area contributed by atoms with Crippen LogP contribution in [0.15, 0.2) is 24.3 Å². The lowest BCUT2D eigenvalue weighted by atomic mass is 10.1. The summed E-state index contributed by atoms with van der Waals surface area (Å²) < 4.78 is 5.40. The Morgan fingerprint density at radius 3 is 2.64 bits per heavy atom. The number of benzene rings is 1. The average molecular weight is 346 g/mol. The van der Waals surface area contributed by atoms with Crippen LogP contribution in [-0.4, -0.2) is 60.1 Å². The van der Waals surface area contributed by atoms with Crippen molar-refractivity contribution in [3.05, 3.63) is 29.8 Å². The first-order valence-electron chi connectivity index (χ1n) is 8.43. The molecular weight excluding hydrogens is 324 g/mol. The molecule has 3 rings (SSSR count). The maximum atomic E-state index is 12.8. The van der Waals surface area contributed by atoms with Crippen molar-refractivity contribution in [2.75, 3.05) is 31.1 Å². The first-order chi connectivity index (χ1) is 11.9. The summed E-state index contributed by atoms with van der Waals surface area (Å²) in [5.74, 6) is -1.49. The van der Waals surface area contributed by atoms with Gasteiger partial charge in [0.15, 0.2) is 0 Å². The van der Waals surface area contributed by atoms with Crippen molar-refractivity contribution in [3.8, 4) is 0 Å². The molecule has 0 unspecified atom stereocenters. The van der Waals surface area contributed by atoms with Gasteiger partial charge in [-0.25, -0.2) is 0 Å². The normalized spacial score (nSPS) is 23.8. The maximum absolute atomic E-state index is 12.8. The van der Waals surface area contributed by atoms with E-state index >= 15 is 0 Å². The molecule has 2 saturated heterocycles. The Kier molecular flexibility index (Phi) is 5.03. The molecule has 2 aliphatic heterocycles. The van der Waals surface area contributed by atoms with Crippen molar-refractivity contribution in [1.29, 1.82) is 0 Å². The Bertz CT molecular complexity index is 673. The topological polar surface area (TPSA) is 87.2 Å². The highest BCUT2D eigenvalue weighted by atomic mass is 16.5. The monoisotopic (exact) mass is 346 g/mol. The lowest BCUT2D eigenvalue weighted by Crippen LogP contribution is -2.48. The largest absolute Gasteiger partial charge is 0.481 e. The van der Waals surface area contributed by atoms with Gasteiger partial charge in [0, 0.05) is 31.7 Å². The molecule has 134 valence electrons. The van der Waals surface area contributed by atoms with Crippen LogP contribution >= 0.6 is 0 Å². The minimum atomic E-state index is -0.944. The van der Waals surface area contributed by atoms with Crippen molar-refractivity contribution in [3.63, 3.8) is 0 Å². The molecular formula is C18H22N2O5. The Morgan fingerprint density at radius 2 is 1.96 bits per heavy atom. The number of ether oxygens (including phenoxy) is 1. The summed E-state index contributed by atoms with van der Waals surface area (Å²) in [6.07, 6.45) is -0.420. The number of morpholine rings is 1. The number of anilines is 1. The van der Waals surface area contributed by atoms with Gasteiger partial charge in [-0.3, -0.25) is 14.4 Å². The zero-order valence-electron chi connectivity index (χ0n) is 14.2. The molecule has 25 heavy (non-hydrogen) atoms. The number of rotatable bonds is 4. The number of hydrogen-bond acceptors (Lipinski definition) is 4. The first-order valence-corrected chi connectivity index (χ1v) is 8.43. The predicted molar refractivity (Wildman–Crippen MR) is 90.2 cm³/mol. The molecule has 2 fully saturated rings. The third kappa shape index (κ3) is 3.99. The first kappa shape index (κ1) is 17.4. The molecule has 0 spiro atoms. The highest BCUT2D eigenvalue weighted by Crippen LogP contribution is 2.27. The molecule has 0 saturated carbocycles. The number of carbonyl (C=O) groups excluding carboxylic acids is 2. The lowest BCUT2D eigenvalue weighted by molar-refractivity contribution is -0.149. The van der Waals surface area contributed by atoms with Gasteiger partial charge in [-0.05, 0) is 19.1 Å². The second kappa shape index (κ2) is 7.23. The van der Waals surface area contributed by atoms with E-state index in [1.54, 1.807) is 9.80 Å². The van der Waals surface area contributed by atoms with Crippen LogP contribution in [0.5, 0.6) is 0 Å². The van der Waals surface area contributed by atoms with Gasteiger partial charge in [-0.15, -0.1) is 0 Å². The van der Waals surface area contributed by atoms with Crippen molar-refractivity contribution >= 4 is 23.5 Å². The zero-order valence-corrected chi connectivity index (χ0v) is 14.2. The number of amides is 2. The van der Waals surface area contributed by atoms with E-state index in [9.17, 15) is 14.4 Å². The number of aryl methyl sites for hydroxylation is 1. The third-order valence-corrected chi connectivity index (χ3v) is 4.67. The highest BCUT2D eigenvalue weighted by molar-refractivity contribution is 6.00. The molecule has 2 heterocycles. The maximum Gasteiger partial charge on any atom is 0.306 e. The predicted octanol–water partition coefficient (Wildman–Crippen LogP) is 1.05. The van der Waals surface area contributed by atoms with E-state index in [4.69, 9.17) is 9.84 Å². The van der Waals surface area contributed by atoms with Crippen LogP contribution in [0.3, 0.4) is 0 Å². The van der Waals surface area contributed by atoms with Crippen molar-refractivity contribution in [2.24, 2.45) is 5.92 Å². The van der Waals surface area contributed by atoms with Gasteiger partial charge in [0.2, 0.25) is 11.8 Å². The molecule has 1 aromatic carbocycles. The molecule has 7 nitrogen and oxygen atoms in total. The summed E-state index contributed by atoms with van der Waals surface area (Å²) in [6, 6.07) is 7.65. The molecule has 2 amide bonds. The molecule has 0 aromatic heterocycles. The average Bonchev–Trinajstić information content (AvgIpc) is 2.96. The molecule has 1 aromatic rings. The second-order valence-electron chi connectivity index (χ2n) is 6.62. The van der Waals surface area contributed by atoms with Crippen LogP contribution in [0.1, 0.15) is 18.4 Å². The summed E-state index contributed by atoms with van der Waals surface area (Å²) in [4.78, 5) is 39.2. The summed E-state index contributed by atoms with van der Waals surface area (Å²) in [7, 11) is 0. The van der Waals surface area contributed by atoms with Crippen LogP contribution in [0.4, 0.5) is 5.69 Å². The van der Waals surface area contributed by atoms with Gasteiger partial charge >= 0.3 is 5.97 Å². The number of carbonyl (C=O) groups is 3. The van der Waals surface area contributed by atoms with E-state index in [1.165, 1.54) is 0 Å². The van der Waals surface area contributed by atoms with Crippen LogP contribution in [0.25, 0.3) is 0 Å². The van der Waals surface area contributed by atoms with E-state index in [0.717, 1.165) is 11.3 Å². The van der Waals surface area contributed by atoms with Crippen LogP contribution in [0, 0.1) is 12.8 Å². The van der Waals surface area contributed by atoms with Crippen LogP contribution < -0.4 is 4.90 Å². The van der Waals surface area contributed by atoms with Gasteiger partial charge in [0.05, 0.1) is 25.0 Å². The van der Waals surface area contributed by atoms with Gasteiger partial charge in [-0.1, -0.05) is 17.7 Å². The fraction of sp³-hybridized carbons (Fsp3) is 0.500. The Morgan fingerprint density at radius 1 is 1.24 bits per heavy atom. The van der Waals surface area contributed by atoms with E-state index in [2.05, 4.69) is 0 Å². The Labute approximate surface area is 146 Å². The molecule has 1 N–H and O–H groups in total. The highest BCUT2D eigenvalue weighted by Gasteiger charge is 2.38. The summed E-state index contributed by atoms with van der Waals surface area (Å²) in [5.41, 5.74) is 1.91. The number of carboxylic acids is 1. The van der Waals surface area contributed by atoms with Gasteiger partial charge < -0.3 is 19.6 Å². The smallest absolute Gasteiger partial charge is 0.306 e. The summed E-state index contributed by atoms with van der Waals surface area (Å²) >= 11 is 0. The number of aliphatic carboxylic acids is 1.